The molecule has 2 rings (SSSR count). The van der Waals surface area contributed by atoms with Gasteiger partial charge in [0.2, 0.25) is 11.7 Å². The van der Waals surface area contributed by atoms with Crippen molar-refractivity contribution in [3.63, 3.8) is 0 Å². The van der Waals surface area contributed by atoms with Crippen LogP contribution in [0.15, 0.2) is 12.1 Å². The molecule has 1 aliphatic heterocycles. The minimum atomic E-state index is 0.122. The molecule has 5 nitrogen and oxygen atoms in total. The van der Waals surface area contributed by atoms with E-state index in [1.165, 1.54) is 0 Å². The zero-order valence-electron chi connectivity index (χ0n) is 12.4. The standard InChI is InChI=1S/C15H21NO4/c1-10-5-6-16(15(10)17)9-11-7-12(18-2)14(20-4)13(8-11)19-3/h7-8,10H,5-6,9H2,1-4H3. The van der Waals surface area contributed by atoms with Gasteiger partial charge in [0.25, 0.3) is 0 Å². The van der Waals surface area contributed by atoms with Crippen molar-refractivity contribution in [3.05, 3.63) is 17.7 Å². The monoisotopic (exact) mass is 279 g/mol. The van der Waals surface area contributed by atoms with E-state index in [1.54, 1.807) is 21.3 Å². The average molecular weight is 279 g/mol. The molecular formula is C15H21NO4. The number of carbonyl (C=O) groups is 1. The molecule has 1 atom stereocenters. The molecule has 1 unspecified atom stereocenters. The summed E-state index contributed by atoms with van der Waals surface area (Å²) < 4.78 is 15.9. The fourth-order valence-corrected chi connectivity index (χ4v) is 2.50. The summed E-state index contributed by atoms with van der Waals surface area (Å²) in [5.74, 6) is 2.12. The molecular weight excluding hydrogens is 258 g/mol. The van der Waals surface area contributed by atoms with Gasteiger partial charge < -0.3 is 19.1 Å². The number of hydrogen-bond donors (Lipinski definition) is 0. The molecule has 110 valence electrons. The summed E-state index contributed by atoms with van der Waals surface area (Å²) in [6.45, 7) is 3.34. The molecule has 0 bridgehead atoms. The van der Waals surface area contributed by atoms with E-state index in [-0.39, 0.29) is 11.8 Å². The van der Waals surface area contributed by atoms with Gasteiger partial charge in [-0.05, 0) is 24.1 Å². The van der Waals surface area contributed by atoms with Crippen molar-refractivity contribution in [2.24, 2.45) is 5.92 Å². The summed E-state index contributed by atoms with van der Waals surface area (Å²) in [6, 6.07) is 3.77. The van der Waals surface area contributed by atoms with Crippen molar-refractivity contribution in [2.75, 3.05) is 27.9 Å². The van der Waals surface area contributed by atoms with E-state index in [0.29, 0.717) is 23.8 Å². The van der Waals surface area contributed by atoms with Gasteiger partial charge >= 0.3 is 0 Å². The molecule has 0 N–H and O–H groups in total. The van der Waals surface area contributed by atoms with E-state index >= 15 is 0 Å². The molecule has 1 aromatic carbocycles. The fourth-order valence-electron chi connectivity index (χ4n) is 2.50. The van der Waals surface area contributed by atoms with Gasteiger partial charge in [0.1, 0.15) is 0 Å². The van der Waals surface area contributed by atoms with E-state index in [0.717, 1.165) is 18.5 Å². The highest BCUT2D eigenvalue weighted by Gasteiger charge is 2.28. The molecule has 1 aliphatic rings. The van der Waals surface area contributed by atoms with Gasteiger partial charge in [-0.2, -0.15) is 0 Å². The van der Waals surface area contributed by atoms with E-state index in [2.05, 4.69) is 0 Å². The number of likely N-dealkylation sites (tertiary alicyclic amines) is 1. The molecule has 0 radical (unpaired) electrons. The lowest BCUT2D eigenvalue weighted by atomic mass is 10.1. The predicted molar refractivity (Wildman–Crippen MR) is 75.3 cm³/mol. The summed E-state index contributed by atoms with van der Waals surface area (Å²) in [4.78, 5) is 13.8. The predicted octanol–water partition coefficient (Wildman–Crippen LogP) is 2.08. The highest BCUT2D eigenvalue weighted by molar-refractivity contribution is 5.80. The number of hydrogen-bond acceptors (Lipinski definition) is 4. The minimum absolute atomic E-state index is 0.122. The normalized spacial score (nSPS) is 18.3. The van der Waals surface area contributed by atoms with Crippen LogP contribution in [0.3, 0.4) is 0 Å². The third-order valence-electron chi connectivity index (χ3n) is 3.66. The molecule has 0 aromatic heterocycles. The summed E-state index contributed by atoms with van der Waals surface area (Å²) in [5.41, 5.74) is 0.974. The molecule has 1 fully saturated rings. The van der Waals surface area contributed by atoms with Crippen LogP contribution in [-0.2, 0) is 11.3 Å². The topological polar surface area (TPSA) is 48.0 Å². The largest absolute Gasteiger partial charge is 0.493 e. The SMILES string of the molecule is COc1cc(CN2CCC(C)C2=O)cc(OC)c1OC. The number of amides is 1. The first-order valence-corrected chi connectivity index (χ1v) is 6.68. The zero-order chi connectivity index (χ0) is 14.7. The Bertz CT molecular complexity index is 476. The van der Waals surface area contributed by atoms with Gasteiger partial charge in [0.15, 0.2) is 11.5 Å². The number of benzene rings is 1. The average Bonchev–Trinajstić information content (AvgIpc) is 2.78. The number of nitrogens with zero attached hydrogens (tertiary/aromatic N) is 1. The smallest absolute Gasteiger partial charge is 0.225 e. The van der Waals surface area contributed by atoms with Crippen LogP contribution in [0.1, 0.15) is 18.9 Å². The second-order valence-corrected chi connectivity index (χ2v) is 4.98. The molecule has 0 aliphatic carbocycles. The van der Waals surface area contributed by atoms with E-state index in [1.807, 2.05) is 24.0 Å². The van der Waals surface area contributed by atoms with Crippen LogP contribution in [0.2, 0.25) is 0 Å². The lowest BCUT2D eigenvalue weighted by Crippen LogP contribution is -2.26. The number of rotatable bonds is 5. The maximum absolute atomic E-state index is 12.0. The van der Waals surface area contributed by atoms with Crippen molar-refractivity contribution in [3.8, 4) is 17.2 Å². The second-order valence-electron chi connectivity index (χ2n) is 4.98. The maximum Gasteiger partial charge on any atom is 0.225 e. The molecule has 1 heterocycles. The Kier molecular flexibility index (Phi) is 4.37. The summed E-state index contributed by atoms with van der Waals surface area (Å²) in [6.07, 6.45) is 0.920. The van der Waals surface area contributed by atoms with Gasteiger partial charge in [-0.25, -0.2) is 0 Å². The molecule has 0 saturated carbocycles. The van der Waals surface area contributed by atoms with Crippen LogP contribution >= 0.6 is 0 Å². The van der Waals surface area contributed by atoms with Crippen molar-refractivity contribution >= 4 is 5.91 Å². The Hall–Kier alpha value is -1.91. The van der Waals surface area contributed by atoms with Crippen molar-refractivity contribution in [1.82, 2.24) is 4.90 Å². The number of methoxy groups -OCH3 is 3. The van der Waals surface area contributed by atoms with E-state index < -0.39 is 0 Å². The molecule has 0 spiro atoms. The van der Waals surface area contributed by atoms with Crippen LogP contribution < -0.4 is 14.2 Å². The van der Waals surface area contributed by atoms with Crippen molar-refractivity contribution in [2.45, 2.75) is 19.9 Å². The Morgan fingerprint density at radius 2 is 1.75 bits per heavy atom. The zero-order valence-corrected chi connectivity index (χ0v) is 12.4. The first kappa shape index (κ1) is 14.5. The maximum atomic E-state index is 12.0. The van der Waals surface area contributed by atoms with Crippen LogP contribution in [0.25, 0.3) is 0 Å². The third kappa shape index (κ3) is 2.66. The Morgan fingerprint density at radius 1 is 1.15 bits per heavy atom. The molecule has 20 heavy (non-hydrogen) atoms. The van der Waals surface area contributed by atoms with Gasteiger partial charge in [0, 0.05) is 19.0 Å². The lowest BCUT2D eigenvalue weighted by Gasteiger charge is -2.19. The van der Waals surface area contributed by atoms with Gasteiger partial charge in [-0.3, -0.25) is 4.79 Å². The highest BCUT2D eigenvalue weighted by Crippen LogP contribution is 2.38. The molecule has 1 amide bonds. The van der Waals surface area contributed by atoms with Crippen molar-refractivity contribution in [1.29, 1.82) is 0 Å². The number of carbonyl (C=O) groups excluding carboxylic acids is 1. The van der Waals surface area contributed by atoms with Gasteiger partial charge in [0.05, 0.1) is 21.3 Å². The molecule has 1 saturated heterocycles. The van der Waals surface area contributed by atoms with E-state index in [9.17, 15) is 4.79 Å². The fraction of sp³-hybridized carbons (Fsp3) is 0.533. The van der Waals surface area contributed by atoms with Crippen molar-refractivity contribution < 1.29 is 19.0 Å². The first-order valence-electron chi connectivity index (χ1n) is 6.68. The van der Waals surface area contributed by atoms with E-state index in [4.69, 9.17) is 14.2 Å². The third-order valence-corrected chi connectivity index (χ3v) is 3.66. The lowest BCUT2D eigenvalue weighted by molar-refractivity contribution is -0.131. The Morgan fingerprint density at radius 3 is 2.15 bits per heavy atom. The Labute approximate surface area is 119 Å². The minimum Gasteiger partial charge on any atom is -0.493 e. The summed E-state index contributed by atoms with van der Waals surface area (Å²) in [5, 5.41) is 0. The summed E-state index contributed by atoms with van der Waals surface area (Å²) >= 11 is 0. The Balaban J connectivity index is 2.26. The quantitative estimate of drug-likeness (QED) is 0.828. The first-order chi connectivity index (χ1) is 9.60. The summed E-state index contributed by atoms with van der Waals surface area (Å²) in [7, 11) is 4.75. The van der Waals surface area contributed by atoms with Gasteiger partial charge in [-0.15, -0.1) is 0 Å². The highest BCUT2D eigenvalue weighted by atomic mass is 16.5. The number of ether oxygens (including phenoxy) is 3. The van der Waals surface area contributed by atoms with Crippen LogP contribution in [0.4, 0.5) is 0 Å². The van der Waals surface area contributed by atoms with Crippen LogP contribution in [0.5, 0.6) is 17.2 Å². The molecule has 1 aromatic rings. The van der Waals surface area contributed by atoms with Gasteiger partial charge in [-0.1, -0.05) is 6.92 Å². The van der Waals surface area contributed by atoms with Crippen LogP contribution in [0, 0.1) is 5.92 Å². The molecule has 5 heteroatoms. The second kappa shape index (κ2) is 6.03. The van der Waals surface area contributed by atoms with Crippen LogP contribution in [-0.4, -0.2) is 38.7 Å².